The minimum absolute atomic E-state index is 0.0120. The lowest BCUT2D eigenvalue weighted by atomic mass is 10.2. The lowest BCUT2D eigenvalue weighted by molar-refractivity contribution is 0.831. The van der Waals surface area contributed by atoms with Gasteiger partial charge in [-0.05, 0) is 22.4 Å². The molecule has 0 bridgehead atoms. The maximum atomic E-state index is 5.61. The summed E-state index contributed by atoms with van der Waals surface area (Å²) in [6.07, 6.45) is 0. The normalized spacial score (nSPS) is 13.6. The van der Waals surface area contributed by atoms with Crippen LogP contribution in [0.25, 0.3) is 0 Å². The highest BCUT2D eigenvalue weighted by Gasteiger charge is 2.01. The quantitative estimate of drug-likeness (QED) is 0.660. The second-order valence-corrected chi connectivity index (χ2v) is 2.91. The van der Waals surface area contributed by atoms with E-state index in [1.165, 1.54) is 0 Å². The van der Waals surface area contributed by atoms with Crippen molar-refractivity contribution in [1.82, 2.24) is 0 Å². The average molecular weight is 162 g/mol. The zero-order valence-corrected chi connectivity index (χ0v) is 6.45. The van der Waals surface area contributed by atoms with Crippen LogP contribution in [0.5, 0.6) is 0 Å². The first-order valence-electron chi connectivity index (χ1n) is 2.68. The van der Waals surface area contributed by atoms with E-state index < -0.39 is 0 Å². The van der Waals surface area contributed by atoms with Crippen LogP contribution < -0.4 is 5.73 Å². The Labute approximate surface area is 63.4 Å². The summed E-state index contributed by atoms with van der Waals surface area (Å²) in [7, 11) is 0. The molecule has 50 valence electrons. The van der Waals surface area contributed by atoms with Crippen LogP contribution in [0, 0.1) is 0 Å². The van der Waals surface area contributed by atoms with Crippen LogP contribution in [0.4, 0.5) is 0 Å². The van der Waals surface area contributed by atoms with E-state index in [2.05, 4.69) is 0 Å². The maximum absolute atomic E-state index is 5.61. The van der Waals surface area contributed by atoms with Crippen molar-refractivity contribution < 1.29 is 0 Å². The average Bonchev–Trinajstić information content (AvgIpc) is 2.37. The third kappa shape index (κ3) is 1.68. The van der Waals surface area contributed by atoms with Crippen LogP contribution in [0.1, 0.15) is 11.6 Å². The van der Waals surface area contributed by atoms with E-state index in [9.17, 15) is 0 Å². The monoisotopic (exact) mass is 161 g/mol. The van der Waals surface area contributed by atoms with E-state index in [0.29, 0.717) is 5.88 Å². The van der Waals surface area contributed by atoms with Gasteiger partial charge in [-0.25, -0.2) is 0 Å². The largest absolute Gasteiger partial charge is 0.323 e. The Hall–Kier alpha value is -0.0500. The Morgan fingerprint density at radius 3 is 3.00 bits per heavy atom. The molecule has 1 atom stereocenters. The fraction of sp³-hybridized carbons (Fsp3) is 0.333. The summed E-state index contributed by atoms with van der Waals surface area (Å²) in [4.78, 5) is 0. The molecule has 0 aliphatic heterocycles. The molecular weight excluding hydrogens is 154 g/mol. The minimum atomic E-state index is 0.0120. The number of nitrogens with two attached hydrogens (primary N) is 1. The van der Waals surface area contributed by atoms with E-state index in [4.69, 9.17) is 17.3 Å². The molecule has 1 nitrogen and oxygen atoms in total. The highest BCUT2D eigenvalue weighted by atomic mass is 35.5. The second-order valence-electron chi connectivity index (χ2n) is 1.82. The maximum Gasteiger partial charge on any atom is 0.0440 e. The molecule has 0 fully saturated rings. The summed E-state index contributed by atoms with van der Waals surface area (Å²) in [5, 5.41) is 4.02. The molecule has 9 heavy (non-hydrogen) atoms. The molecule has 0 aromatic carbocycles. The van der Waals surface area contributed by atoms with E-state index in [0.717, 1.165) is 5.56 Å². The van der Waals surface area contributed by atoms with Crippen molar-refractivity contribution in [2.45, 2.75) is 6.04 Å². The first kappa shape index (κ1) is 7.06. The van der Waals surface area contributed by atoms with Gasteiger partial charge in [0, 0.05) is 11.9 Å². The van der Waals surface area contributed by atoms with Crippen LogP contribution in [0.2, 0.25) is 0 Å². The van der Waals surface area contributed by atoms with Crippen LogP contribution in [-0.2, 0) is 0 Å². The molecule has 0 spiro atoms. The fourth-order valence-corrected chi connectivity index (χ4v) is 1.48. The molecule has 0 amide bonds. The molecule has 0 radical (unpaired) electrons. The predicted molar refractivity (Wildman–Crippen MR) is 42.0 cm³/mol. The van der Waals surface area contributed by atoms with Crippen molar-refractivity contribution in [3.8, 4) is 0 Å². The molecule has 0 unspecified atom stereocenters. The van der Waals surface area contributed by atoms with Crippen molar-refractivity contribution >= 4 is 22.9 Å². The Morgan fingerprint density at radius 1 is 1.78 bits per heavy atom. The molecule has 0 saturated heterocycles. The smallest absolute Gasteiger partial charge is 0.0440 e. The molecule has 0 aliphatic rings. The van der Waals surface area contributed by atoms with Crippen molar-refractivity contribution in [3.63, 3.8) is 0 Å². The molecule has 3 heteroatoms. The van der Waals surface area contributed by atoms with Crippen molar-refractivity contribution in [2.24, 2.45) is 5.73 Å². The standard InChI is InChI=1S/C6H8ClNS/c7-3-6(8)5-1-2-9-4-5/h1-2,4,6H,3,8H2/t6-/m1/s1. The summed E-state index contributed by atoms with van der Waals surface area (Å²) in [5.41, 5.74) is 6.75. The van der Waals surface area contributed by atoms with Gasteiger partial charge in [0.1, 0.15) is 0 Å². The molecule has 1 heterocycles. The van der Waals surface area contributed by atoms with Gasteiger partial charge in [0.2, 0.25) is 0 Å². The summed E-state index contributed by atoms with van der Waals surface area (Å²) in [6.45, 7) is 0. The lowest BCUT2D eigenvalue weighted by Crippen LogP contribution is -2.09. The Bertz CT molecular complexity index is 162. The number of alkyl halides is 1. The van der Waals surface area contributed by atoms with Crippen LogP contribution in [0.15, 0.2) is 16.8 Å². The van der Waals surface area contributed by atoms with Gasteiger partial charge in [-0.15, -0.1) is 11.6 Å². The predicted octanol–water partition coefficient (Wildman–Crippen LogP) is 1.99. The zero-order chi connectivity index (χ0) is 6.69. The van der Waals surface area contributed by atoms with Crippen LogP contribution in [-0.4, -0.2) is 5.88 Å². The van der Waals surface area contributed by atoms with Crippen molar-refractivity contribution in [3.05, 3.63) is 22.4 Å². The van der Waals surface area contributed by atoms with Gasteiger partial charge in [0.25, 0.3) is 0 Å². The highest BCUT2D eigenvalue weighted by Crippen LogP contribution is 2.14. The Morgan fingerprint density at radius 2 is 2.56 bits per heavy atom. The summed E-state index contributed by atoms with van der Waals surface area (Å²) >= 11 is 7.17. The zero-order valence-electron chi connectivity index (χ0n) is 4.88. The molecule has 0 saturated carbocycles. The van der Waals surface area contributed by atoms with E-state index in [-0.39, 0.29) is 6.04 Å². The van der Waals surface area contributed by atoms with Crippen molar-refractivity contribution in [2.75, 3.05) is 5.88 Å². The number of thiophene rings is 1. The summed E-state index contributed by atoms with van der Waals surface area (Å²) < 4.78 is 0. The number of hydrogen-bond acceptors (Lipinski definition) is 2. The van der Waals surface area contributed by atoms with Gasteiger partial charge in [-0.2, -0.15) is 11.3 Å². The van der Waals surface area contributed by atoms with Crippen LogP contribution >= 0.6 is 22.9 Å². The van der Waals surface area contributed by atoms with Gasteiger partial charge in [0.05, 0.1) is 0 Å². The van der Waals surface area contributed by atoms with Gasteiger partial charge in [-0.3, -0.25) is 0 Å². The molecular formula is C6H8ClNS. The summed E-state index contributed by atoms with van der Waals surface area (Å²) in [6, 6.07) is 2.01. The van der Waals surface area contributed by atoms with E-state index >= 15 is 0 Å². The molecule has 1 aromatic heterocycles. The molecule has 1 aromatic rings. The van der Waals surface area contributed by atoms with Crippen molar-refractivity contribution in [1.29, 1.82) is 0 Å². The molecule has 1 rings (SSSR count). The third-order valence-electron chi connectivity index (χ3n) is 1.14. The molecule has 2 N–H and O–H groups in total. The number of hydrogen-bond donors (Lipinski definition) is 1. The topological polar surface area (TPSA) is 26.0 Å². The number of halogens is 1. The van der Waals surface area contributed by atoms with E-state index in [1.54, 1.807) is 11.3 Å². The van der Waals surface area contributed by atoms with Gasteiger partial charge in [0.15, 0.2) is 0 Å². The van der Waals surface area contributed by atoms with Gasteiger partial charge >= 0.3 is 0 Å². The van der Waals surface area contributed by atoms with Gasteiger partial charge < -0.3 is 5.73 Å². The minimum Gasteiger partial charge on any atom is -0.323 e. The first-order valence-corrected chi connectivity index (χ1v) is 4.16. The first-order chi connectivity index (χ1) is 4.34. The Kier molecular flexibility index (Phi) is 2.51. The van der Waals surface area contributed by atoms with E-state index in [1.807, 2.05) is 16.8 Å². The molecule has 0 aliphatic carbocycles. The third-order valence-corrected chi connectivity index (χ3v) is 2.17. The van der Waals surface area contributed by atoms with Gasteiger partial charge in [-0.1, -0.05) is 0 Å². The lowest BCUT2D eigenvalue weighted by Gasteiger charge is -2.01. The summed E-state index contributed by atoms with van der Waals surface area (Å²) in [5.74, 6) is 0.497. The second kappa shape index (κ2) is 3.20. The Balaban J connectivity index is 2.65. The number of rotatable bonds is 2. The SMILES string of the molecule is N[C@H](CCl)c1ccsc1. The highest BCUT2D eigenvalue weighted by molar-refractivity contribution is 7.07. The van der Waals surface area contributed by atoms with Crippen LogP contribution in [0.3, 0.4) is 0 Å². The fourth-order valence-electron chi connectivity index (χ4n) is 0.575.